The zero-order valence-corrected chi connectivity index (χ0v) is 14.5. The van der Waals surface area contributed by atoms with Gasteiger partial charge in [-0.1, -0.05) is 18.5 Å². The Morgan fingerprint density at radius 3 is 2.67 bits per heavy atom. The molecule has 0 amide bonds. The summed E-state index contributed by atoms with van der Waals surface area (Å²) in [5, 5.41) is 32.8. The van der Waals surface area contributed by atoms with Gasteiger partial charge in [-0.3, -0.25) is 4.79 Å². The van der Waals surface area contributed by atoms with Gasteiger partial charge < -0.3 is 14.2 Å². The van der Waals surface area contributed by atoms with E-state index < -0.39 is 11.4 Å². The number of aryl methyl sites for hydroxylation is 1. The number of rotatable bonds is 5. The average Bonchev–Trinajstić information content (AvgIpc) is 2.93. The van der Waals surface area contributed by atoms with Crippen LogP contribution in [0.2, 0.25) is 0 Å². The van der Waals surface area contributed by atoms with Gasteiger partial charge in [-0.25, -0.2) is 0 Å². The predicted octanol–water partition coefficient (Wildman–Crippen LogP) is 2.61. The van der Waals surface area contributed by atoms with E-state index in [1.54, 1.807) is 13.0 Å². The Morgan fingerprint density at radius 2 is 2.12 bits per heavy atom. The van der Waals surface area contributed by atoms with E-state index in [9.17, 15) is 15.2 Å². The van der Waals surface area contributed by atoms with E-state index in [4.69, 9.17) is 4.52 Å². The van der Waals surface area contributed by atoms with E-state index in [0.29, 0.717) is 12.2 Å². The van der Waals surface area contributed by atoms with Gasteiger partial charge in [0, 0.05) is 18.2 Å². The number of nitrogens with zero attached hydrogens (tertiary/aromatic N) is 5. The van der Waals surface area contributed by atoms with E-state index in [1.165, 1.54) is 6.92 Å². The van der Waals surface area contributed by atoms with Crippen molar-refractivity contribution >= 4 is 11.5 Å². The van der Waals surface area contributed by atoms with E-state index in [2.05, 4.69) is 15.4 Å². The molecule has 2 rings (SSSR count). The fraction of sp³-hybridized carbons (Fsp3) is 0.400. The van der Waals surface area contributed by atoms with Gasteiger partial charge in [0.1, 0.15) is 11.8 Å². The summed E-state index contributed by atoms with van der Waals surface area (Å²) in [6, 6.07) is 3.40. The van der Waals surface area contributed by atoms with Crippen molar-refractivity contribution in [2.75, 3.05) is 0 Å². The molecule has 2 heterocycles. The normalized spacial score (nSPS) is 10.6. The monoisotopic (exact) mass is 372 g/mol. The number of pyridine rings is 1. The third-order valence-corrected chi connectivity index (χ3v) is 3.35. The summed E-state index contributed by atoms with van der Waals surface area (Å²) in [4.78, 5) is 12.5. The van der Waals surface area contributed by atoms with Gasteiger partial charge in [0.15, 0.2) is 5.69 Å². The Hall–Kier alpha value is -2.46. The van der Waals surface area contributed by atoms with Crippen molar-refractivity contribution < 1.29 is 26.1 Å². The molecule has 0 N–H and O–H groups in total. The van der Waals surface area contributed by atoms with Crippen LogP contribution in [0, 0.1) is 25.2 Å². The minimum absolute atomic E-state index is 0. The van der Waals surface area contributed by atoms with E-state index in [0.717, 1.165) is 11.0 Å². The van der Waals surface area contributed by atoms with Crippen LogP contribution in [0.3, 0.4) is 0 Å². The fourth-order valence-corrected chi connectivity index (χ4v) is 2.06. The molecule has 0 aliphatic carbocycles. The molecule has 0 unspecified atom stereocenters. The van der Waals surface area contributed by atoms with Gasteiger partial charge in [0.25, 0.3) is 5.56 Å². The molecule has 0 atom stereocenters. The van der Waals surface area contributed by atoms with Crippen molar-refractivity contribution in [1.82, 2.24) is 9.72 Å². The van der Waals surface area contributed by atoms with Gasteiger partial charge in [-0.15, -0.1) is 10.2 Å². The number of hydrogen-bond donors (Lipinski definition) is 0. The fourth-order valence-electron chi connectivity index (χ4n) is 2.06. The number of aromatic nitrogens is 2. The molecular weight excluding hydrogens is 357 g/mol. The molecule has 0 saturated heterocycles. The molecule has 8 nitrogen and oxygen atoms in total. The molecule has 0 aliphatic rings. The zero-order chi connectivity index (χ0) is 17.0. The maximum Gasteiger partial charge on any atom is 2.00 e. The molecule has 9 heteroatoms. The smallest absolute Gasteiger partial charge is 0.859 e. The zero-order valence-electron chi connectivity index (χ0n) is 13.5. The van der Waals surface area contributed by atoms with Gasteiger partial charge in [-0.2, -0.15) is 5.26 Å². The van der Waals surface area contributed by atoms with Crippen molar-refractivity contribution in [3.8, 4) is 11.9 Å². The molecule has 24 heavy (non-hydrogen) atoms. The largest absolute Gasteiger partial charge is 2.00 e. The molecule has 0 radical (unpaired) electrons. The minimum atomic E-state index is -0.584. The van der Waals surface area contributed by atoms with Crippen molar-refractivity contribution in [3.63, 3.8) is 0 Å². The van der Waals surface area contributed by atoms with Crippen LogP contribution in [0.25, 0.3) is 0 Å². The molecule has 2 aromatic heterocycles. The van der Waals surface area contributed by atoms with Crippen LogP contribution in [0.1, 0.15) is 36.7 Å². The number of hydrogen-bond acceptors (Lipinski definition) is 7. The predicted molar refractivity (Wildman–Crippen MR) is 79.9 cm³/mol. The van der Waals surface area contributed by atoms with Crippen LogP contribution in [0.4, 0.5) is 11.5 Å². The summed E-state index contributed by atoms with van der Waals surface area (Å²) < 4.78 is 5.90. The Labute approximate surface area is 148 Å². The summed E-state index contributed by atoms with van der Waals surface area (Å²) in [7, 11) is 0. The first-order valence-electron chi connectivity index (χ1n) is 7.19. The SMILES string of the molecule is CCCCn1c([O-])c(C#N)c(C)c(N=Nc2cc(C)on2)c1=O.[Ni+2]. The van der Waals surface area contributed by atoms with Crippen LogP contribution in [0.5, 0.6) is 5.88 Å². The van der Waals surface area contributed by atoms with E-state index in [1.807, 2.05) is 13.0 Å². The Morgan fingerprint density at radius 1 is 1.42 bits per heavy atom. The second-order valence-electron chi connectivity index (χ2n) is 5.07. The van der Waals surface area contributed by atoms with Crippen LogP contribution in [-0.2, 0) is 23.0 Å². The van der Waals surface area contributed by atoms with Crippen LogP contribution in [0.15, 0.2) is 25.6 Å². The van der Waals surface area contributed by atoms with Crippen LogP contribution >= 0.6 is 0 Å². The molecule has 0 bridgehead atoms. The minimum Gasteiger partial charge on any atom is -0.859 e. The topological polar surface area (TPSA) is 120 Å². The summed E-state index contributed by atoms with van der Waals surface area (Å²) in [5.74, 6) is 0.189. The molecule has 128 valence electrons. The number of azo groups is 1. The van der Waals surface area contributed by atoms with Gasteiger partial charge in [0.05, 0.1) is 5.56 Å². The molecule has 0 aromatic carbocycles. The van der Waals surface area contributed by atoms with Crippen molar-refractivity contribution in [1.29, 1.82) is 5.26 Å². The maximum atomic E-state index is 12.5. The van der Waals surface area contributed by atoms with E-state index >= 15 is 0 Å². The summed E-state index contributed by atoms with van der Waals surface area (Å²) in [6.07, 6.45) is 1.47. The molecular formula is C15H16N5NiO3+. The third kappa shape index (κ3) is 3.89. The summed E-state index contributed by atoms with van der Waals surface area (Å²) in [6.45, 7) is 5.40. The number of unbranched alkanes of at least 4 members (excludes halogenated alkanes) is 1. The van der Waals surface area contributed by atoms with Crippen molar-refractivity contribution in [2.45, 2.75) is 40.2 Å². The summed E-state index contributed by atoms with van der Waals surface area (Å²) in [5.41, 5.74) is -0.452. The Bertz CT molecular complexity index is 848. The quantitative estimate of drug-likeness (QED) is 0.589. The van der Waals surface area contributed by atoms with E-state index in [-0.39, 0.29) is 45.7 Å². The Balaban J connectivity index is 0.00000288. The van der Waals surface area contributed by atoms with Gasteiger partial charge in [0.2, 0.25) is 5.82 Å². The molecule has 2 aromatic rings. The standard InChI is InChI=1S/C15H17N5O3.Ni/c1-4-5-6-20-14(21)11(8-16)10(3)13(15(20)22)18-17-12-7-9(2)23-19-12;/h7,21H,4-6H2,1-3H3;/q;+2/p-1. The van der Waals surface area contributed by atoms with Crippen LogP contribution in [-0.4, -0.2) is 9.72 Å². The van der Waals surface area contributed by atoms with Crippen molar-refractivity contribution in [3.05, 3.63) is 33.3 Å². The average molecular weight is 373 g/mol. The number of nitriles is 1. The van der Waals surface area contributed by atoms with Crippen molar-refractivity contribution in [2.24, 2.45) is 10.2 Å². The molecule has 0 saturated carbocycles. The Kier molecular flexibility index (Phi) is 6.87. The summed E-state index contributed by atoms with van der Waals surface area (Å²) >= 11 is 0. The first-order valence-corrected chi connectivity index (χ1v) is 7.19. The molecule has 0 spiro atoms. The first-order chi connectivity index (χ1) is 11.0. The van der Waals surface area contributed by atoms with Gasteiger partial charge in [-0.05, 0) is 26.1 Å². The van der Waals surface area contributed by atoms with Crippen LogP contribution < -0.4 is 10.7 Å². The second kappa shape index (κ2) is 8.41. The maximum absolute atomic E-state index is 12.5. The van der Waals surface area contributed by atoms with Gasteiger partial charge >= 0.3 is 16.5 Å². The first kappa shape index (κ1) is 19.6. The molecule has 0 aliphatic heterocycles. The second-order valence-corrected chi connectivity index (χ2v) is 5.07. The third-order valence-electron chi connectivity index (χ3n) is 3.35. The molecule has 0 fully saturated rings.